The Morgan fingerprint density at radius 2 is 1.87 bits per heavy atom. The lowest BCUT2D eigenvalue weighted by atomic mass is 9.39. The third-order valence-electron chi connectivity index (χ3n) is 13.5. The van der Waals surface area contributed by atoms with Crippen molar-refractivity contribution >= 4 is 5.78 Å². The lowest BCUT2D eigenvalue weighted by Crippen LogP contribution is -2.67. The number of rotatable bonds is 3. The van der Waals surface area contributed by atoms with Crippen LogP contribution >= 0.6 is 0 Å². The molecular formula is C32H46O6. The van der Waals surface area contributed by atoms with Crippen LogP contribution in [0.25, 0.3) is 0 Å². The summed E-state index contributed by atoms with van der Waals surface area (Å²) in [5.41, 5.74) is -2.41. The first-order valence-electron chi connectivity index (χ1n) is 15.3. The fourth-order valence-corrected chi connectivity index (χ4v) is 11.2. The summed E-state index contributed by atoms with van der Waals surface area (Å²) < 4.78 is 6.23. The highest BCUT2D eigenvalue weighted by molar-refractivity contribution is 5.95. The molecule has 1 aliphatic heterocycles. The molecule has 0 aromatic carbocycles. The molecule has 6 aliphatic carbocycles. The zero-order valence-corrected chi connectivity index (χ0v) is 23.3. The molecule has 14 atom stereocenters. The number of epoxide rings is 1. The van der Waals surface area contributed by atoms with Crippen molar-refractivity contribution in [1.29, 1.82) is 0 Å². The second-order valence-electron chi connectivity index (χ2n) is 14.9. The van der Waals surface area contributed by atoms with Crippen LogP contribution < -0.4 is 0 Å². The van der Waals surface area contributed by atoms with Gasteiger partial charge in [-0.2, -0.15) is 0 Å². The van der Waals surface area contributed by atoms with Crippen molar-refractivity contribution in [2.75, 3.05) is 0 Å². The molecule has 7 aliphatic rings. The molecular weight excluding hydrogens is 480 g/mol. The van der Waals surface area contributed by atoms with Crippen molar-refractivity contribution in [3.63, 3.8) is 0 Å². The summed E-state index contributed by atoms with van der Waals surface area (Å²) in [7, 11) is 0. The molecule has 6 heteroatoms. The van der Waals surface area contributed by atoms with Gasteiger partial charge in [0.05, 0.1) is 23.9 Å². The van der Waals surface area contributed by atoms with Gasteiger partial charge >= 0.3 is 0 Å². The minimum Gasteiger partial charge on any atom is -0.390 e. The molecule has 0 amide bonds. The zero-order valence-electron chi connectivity index (χ0n) is 23.3. The topological polar surface area (TPSA) is 111 Å². The van der Waals surface area contributed by atoms with Crippen molar-refractivity contribution in [1.82, 2.24) is 0 Å². The van der Waals surface area contributed by atoms with Crippen LogP contribution in [0, 0.1) is 52.3 Å². The first-order chi connectivity index (χ1) is 17.9. The molecule has 0 aromatic heterocycles. The van der Waals surface area contributed by atoms with Crippen molar-refractivity contribution in [2.24, 2.45) is 52.3 Å². The number of fused-ring (bicyclic) bond motifs is 2. The van der Waals surface area contributed by atoms with Gasteiger partial charge in [-0.3, -0.25) is 4.79 Å². The number of ether oxygens (including phenoxy) is 1. The van der Waals surface area contributed by atoms with Gasteiger partial charge in [0.2, 0.25) is 0 Å². The molecule has 0 spiro atoms. The smallest absolute Gasteiger partial charge is 0.159 e. The summed E-state index contributed by atoms with van der Waals surface area (Å²) in [5.74, 6) is 0.266. The minimum absolute atomic E-state index is 0.00120. The predicted octanol–water partition coefficient (Wildman–Crippen LogP) is 3.56. The van der Waals surface area contributed by atoms with E-state index in [1.165, 1.54) is 0 Å². The van der Waals surface area contributed by atoms with E-state index in [1.54, 1.807) is 6.08 Å². The van der Waals surface area contributed by atoms with Gasteiger partial charge < -0.3 is 25.2 Å². The molecule has 4 N–H and O–H groups in total. The van der Waals surface area contributed by atoms with Crippen LogP contribution in [0.4, 0.5) is 0 Å². The van der Waals surface area contributed by atoms with Crippen molar-refractivity contribution < 1.29 is 30.0 Å². The van der Waals surface area contributed by atoms with E-state index >= 15 is 0 Å². The summed E-state index contributed by atoms with van der Waals surface area (Å²) in [5, 5.41) is 47.0. The number of aliphatic hydroxyl groups is 4. The molecule has 7 rings (SSSR count). The Bertz CT molecular complexity index is 1100. The summed E-state index contributed by atoms with van der Waals surface area (Å²) in [6.07, 6.45) is 9.80. The quantitative estimate of drug-likeness (QED) is 0.331. The molecule has 6 nitrogen and oxygen atoms in total. The van der Waals surface area contributed by atoms with Gasteiger partial charge in [0.25, 0.3) is 0 Å². The van der Waals surface area contributed by atoms with Crippen LogP contribution in [0.2, 0.25) is 0 Å². The number of aliphatic hydroxyl groups excluding tert-OH is 2. The molecule has 1 heterocycles. The molecule has 0 aromatic rings. The largest absolute Gasteiger partial charge is 0.390 e. The van der Waals surface area contributed by atoms with Gasteiger partial charge in [-0.25, -0.2) is 0 Å². The summed E-state index contributed by atoms with van der Waals surface area (Å²) in [4.78, 5) is 13.9. The molecule has 4 saturated carbocycles. The van der Waals surface area contributed by atoms with Crippen molar-refractivity contribution in [3.8, 4) is 0 Å². The van der Waals surface area contributed by atoms with Crippen LogP contribution in [0.3, 0.4) is 0 Å². The van der Waals surface area contributed by atoms with Crippen LogP contribution in [-0.4, -0.2) is 61.8 Å². The second kappa shape index (κ2) is 8.03. The van der Waals surface area contributed by atoms with E-state index in [0.29, 0.717) is 37.5 Å². The van der Waals surface area contributed by atoms with Crippen molar-refractivity contribution in [2.45, 2.75) is 115 Å². The van der Waals surface area contributed by atoms with Crippen LogP contribution in [0.15, 0.2) is 23.8 Å². The molecule has 0 unspecified atom stereocenters. The van der Waals surface area contributed by atoms with Gasteiger partial charge in [-0.15, -0.1) is 0 Å². The first kappa shape index (κ1) is 25.9. The molecule has 0 radical (unpaired) electrons. The van der Waals surface area contributed by atoms with Gasteiger partial charge in [0, 0.05) is 11.3 Å². The van der Waals surface area contributed by atoms with E-state index in [9.17, 15) is 25.2 Å². The fraction of sp³-hybridized carbons (Fsp3) is 0.844. The fourth-order valence-electron chi connectivity index (χ4n) is 11.2. The normalized spacial score (nSPS) is 57.4. The Morgan fingerprint density at radius 3 is 2.61 bits per heavy atom. The van der Waals surface area contributed by atoms with E-state index in [1.807, 2.05) is 0 Å². The van der Waals surface area contributed by atoms with Gasteiger partial charge in [0.1, 0.15) is 11.7 Å². The number of carbonyl (C=O) groups is 1. The Balaban J connectivity index is 1.31. The average molecular weight is 527 g/mol. The lowest BCUT2D eigenvalue weighted by molar-refractivity contribution is -0.198. The van der Waals surface area contributed by atoms with Crippen LogP contribution in [0.5, 0.6) is 0 Å². The maximum Gasteiger partial charge on any atom is 0.159 e. The van der Waals surface area contributed by atoms with E-state index in [2.05, 4.69) is 39.8 Å². The van der Waals surface area contributed by atoms with E-state index in [0.717, 1.165) is 31.3 Å². The number of hydrogen-bond donors (Lipinski definition) is 4. The molecule has 2 bridgehead atoms. The van der Waals surface area contributed by atoms with Crippen molar-refractivity contribution in [3.05, 3.63) is 23.8 Å². The zero-order chi connectivity index (χ0) is 27.0. The van der Waals surface area contributed by atoms with E-state index in [-0.39, 0.29) is 47.6 Å². The van der Waals surface area contributed by atoms with E-state index < -0.39 is 34.2 Å². The standard InChI is InChI=1S/C32H46O6/c1-16(2)17(3)27-28(38-27)31(36)11-5-7-18-13-20-21(32(37)12-9-24(31)29(18,32)4)14-22(33)25-19-8-6-10-30(20,25)15-23(34)26(19)35/h5,7,14,16-20,23-28,34-37H,6,8-13,15H2,1-4H3/t17-,18-,19-,20+,23+,24+,25+,26-,27+,28-,29-,30-,31-,32-/m1/s1. The highest BCUT2D eigenvalue weighted by Gasteiger charge is 2.75. The van der Waals surface area contributed by atoms with Gasteiger partial charge in [-0.1, -0.05) is 46.3 Å². The summed E-state index contributed by atoms with van der Waals surface area (Å²) in [6, 6.07) is 0. The summed E-state index contributed by atoms with van der Waals surface area (Å²) >= 11 is 0. The maximum absolute atomic E-state index is 13.9. The molecule has 38 heavy (non-hydrogen) atoms. The van der Waals surface area contributed by atoms with Crippen LogP contribution in [0.1, 0.15) is 79.1 Å². The van der Waals surface area contributed by atoms with Crippen LogP contribution in [-0.2, 0) is 9.53 Å². The Morgan fingerprint density at radius 1 is 1.11 bits per heavy atom. The van der Waals surface area contributed by atoms with Gasteiger partial charge in [0.15, 0.2) is 5.78 Å². The molecule has 5 fully saturated rings. The minimum atomic E-state index is -1.19. The third kappa shape index (κ3) is 2.95. The second-order valence-corrected chi connectivity index (χ2v) is 14.9. The highest BCUT2D eigenvalue weighted by atomic mass is 16.6. The first-order valence-corrected chi connectivity index (χ1v) is 15.3. The lowest BCUT2D eigenvalue weighted by Gasteiger charge is -2.65. The van der Waals surface area contributed by atoms with Gasteiger partial charge in [-0.05, 0) is 97.5 Å². The average Bonchev–Trinajstić information content (AvgIpc) is 3.63. The maximum atomic E-state index is 13.9. The number of hydrogen-bond acceptors (Lipinski definition) is 6. The number of ketones is 1. The highest BCUT2D eigenvalue weighted by Crippen LogP contribution is 2.73. The monoisotopic (exact) mass is 526 g/mol. The predicted molar refractivity (Wildman–Crippen MR) is 142 cm³/mol. The SMILES string of the molecule is CC(C)[C@@H](C)[C@@H]1O[C@H]1[C@@]1(O)CC=C[C@@H]2C[C@H]3C(=CC(=O)[C@@H]4[C@H]5CCC[C@]43C[C@H](O)[C@@H]5O)[C@]3(O)CC[C@H]1[C@@]23C. The summed E-state index contributed by atoms with van der Waals surface area (Å²) in [6.45, 7) is 8.76. The number of carbonyl (C=O) groups excluding carboxylic acids is 1. The Hall–Kier alpha value is -1.05. The molecule has 210 valence electrons. The number of allylic oxidation sites excluding steroid dienone is 2. The Labute approximate surface area is 226 Å². The Kier molecular flexibility index (Phi) is 5.47. The van der Waals surface area contributed by atoms with E-state index in [4.69, 9.17) is 4.74 Å². The third-order valence-corrected chi connectivity index (χ3v) is 13.5. The molecule has 1 saturated heterocycles.